The molecule has 68 valence electrons. The van der Waals surface area contributed by atoms with E-state index in [1.165, 1.54) is 5.57 Å². The first kappa shape index (κ1) is 9.30. The van der Waals surface area contributed by atoms with Crippen LogP contribution in [0, 0.1) is 0 Å². The maximum absolute atomic E-state index is 10.9. The van der Waals surface area contributed by atoms with E-state index in [2.05, 4.69) is 13.0 Å². The summed E-state index contributed by atoms with van der Waals surface area (Å²) in [6, 6.07) is 0. The number of carbonyl (C=O) groups excluding carboxylic acids is 1. The Bertz CT molecular complexity index is 194. The number of ether oxygens (including phenoxy) is 1. The van der Waals surface area contributed by atoms with Crippen molar-refractivity contribution < 1.29 is 9.53 Å². The SMILES string of the molecule is CCC(=O)OC1C=C(C)CCC1. The first-order valence-electron chi connectivity index (χ1n) is 4.59. The van der Waals surface area contributed by atoms with Crippen LogP contribution in [0.3, 0.4) is 0 Å². The summed E-state index contributed by atoms with van der Waals surface area (Å²) >= 11 is 0. The van der Waals surface area contributed by atoms with E-state index in [1.54, 1.807) is 0 Å². The first-order chi connectivity index (χ1) is 5.72. The van der Waals surface area contributed by atoms with Crippen molar-refractivity contribution in [2.75, 3.05) is 0 Å². The summed E-state index contributed by atoms with van der Waals surface area (Å²) in [6.07, 6.45) is 5.87. The lowest BCUT2D eigenvalue weighted by Gasteiger charge is -2.19. The number of carbonyl (C=O) groups is 1. The van der Waals surface area contributed by atoms with Crippen molar-refractivity contribution in [2.45, 2.75) is 45.6 Å². The molecule has 1 rings (SSSR count). The largest absolute Gasteiger partial charge is 0.458 e. The Morgan fingerprint density at radius 2 is 2.50 bits per heavy atom. The van der Waals surface area contributed by atoms with Crippen LogP contribution in [0.2, 0.25) is 0 Å². The lowest BCUT2D eigenvalue weighted by molar-refractivity contribution is -0.146. The summed E-state index contributed by atoms with van der Waals surface area (Å²) in [6.45, 7) is 3.91. The van der Waals surface area contributed by atoms with Gasteiger partial charge in [-0.1, -0.05) is 12.5 Å². The van der Waals surface area contributed by atoms with Gasteiger partial charge in [-0.05, 0) is 32.3 Å². The van der Waals surface area contributed by atoms with Gasteiger partial charge in [-0.2, -0.15) is 0 Å². The minimum atomic E-state index is -0.0917. The monoisotopic (exact) mass is 168 g/mol. The average Bonchev–Trinajstić information content (AvgIpc) is 2.04. The molecule has 0 amide bonds. The van der Waals surface area contributed by atoms with E-state index in [0.717, 1.165) is 19.3 Å². The molecule has 0 aliphatic heterocycles. The van der Waals surface area contributed by atoms with Crippen LogP contribution in [0.5, 0.6) is 0 Å². The maximum Gasteiger partial charge on any atom is 0.306 e. The van der Waals surface area contributed by atoms with E-state index < -0.39 is 0 Å². The van der Waals surface area contributed by atoms with Crippen LogP contribution in [-0.4, -0.2) is 12.1 Å². The van der Waals surface area contributed by atoms with Crippen molar-refractivity contribution in [3.05, 3.63) is 11.6 Å². The molecule has 0 heterocycles. The van der Waals surface area contributed by atoms with Crippen LogP contribution < -0.4 is 0 Å². The van der Waals surface area contributed by atoms with E-state index in [-0.39, 0.29) is 12.1 Å². The van der Waals surface area contributed by atoms with Crippen molar-refractivity contribution in [1.29, 1.82) is 0 Å². The average molecular weight is 168 g/mol. The van der Waals surface area contributed by atoms with E-state index in [1.807, 2.05) is 6.92 Å². The Kier molecular flexibility index (Phi) is 3.32. The van der Waals surface area contributed by atoms with Gasteiger partial charge in [-0.15, -0.1) is 0 Å². The first-order valence-corrected chi connectivity index (χ1v) is 4.59. The summed E-state index contributed by atoms with van der Waals surface area (Å²) in [5.74, 6) is -0.0917. The summed E-state index contributed by atoms with van der Waals surface area (Å²) < 4.78 is 5.20. The standard InChI is InChI=1S/C10H16O2/c1-3-10(11)12-9-6-4-5-8(2)7-9/h7,9H,3-6H2,1-2H3. The van der Waals surface area contributed by atoms with E-state index >= 15 is 0 Å². The van der Waals surface area contributed by atoms with Gasteiger partial charge in [-0.25, -0.2) is 0 Å². The van der Waals surface area contributed by atoms with E-state index in [4.69, 9.17) is 4.74 Å². The van der Waals surface area contributed by atoms with Crippen molar-refractivity contribution in [3.63, 3.8) is 0 Å². The Balaban J connectivity index is 2.42. The molecule has 0 saturated carbocycles. The van der Waals surface area contributed by atoms with Gasteiger partial charge in [0.05, 0.1) is 0 Å². The molecule has 1 aliphatic rings. The second-order valence-corrected chi connectivity index (χ2v) is 3.29. The second-order valence-electron chi connectivity index (χ2n) is 3.29. The fraction of sp³-hybridized carbons (Fsp3) is 0.700. The number of hydrogen-bond acceptors (Lipinski definition) is 2. The van der Waals surface area contributed by atoms with Gasteiger partial charge in [0.15, 0.2) is 0 Å². The van der Waals surface area contributed by atoms with Crippen molar-refractivity contribution in [3.8, 4) is 0 Å². The van der Waals surface area contributed by atoms with Gasteiger partial charge in [0.25, 0.3) is 0 Å². The topological polar surface area (TPSA) is 26.3 Å². The minimum Gasteiger partial charge on any atom is -0.458 e. The fourth-order valence-electron chi connectivity index (χ4n) is 1.41. The number of allylic oxidation sites excluding steroid dienone is 1. The lowest BCUT2D eigenvalue weighted by Crippen LogP contribution is -2.18. The third-order valence-electron chi connectivity index (χ3n) is 2.10. The van der Waals surface area contributed by atoms with Gasteiger partial charge in [0.1, 0.15) is 6.10 Å². The highest BCUT2D eigenvalue weighted by Crippen LogP contribution is 2.19. The van der Waals surface area contributed by atoms with Crippen LogP contribution in [0.4, 0.5) is 0 Å². The third-order valence-corrected chi connectivity index (χ3v) is 2.10. The molecule has 12 heavy (non-hydrogen) atoms. The lowest BCUT2D eigenvalue weighted by atomic mass is 9.99. The predicted octanol–water partition coefficient (Wildman–Crippen LogP) is 2.44. The maximum atomic E-state index is 10.9. The molecule has 1 unspecified atom stereocenters. The molecule has 1 aliphatic carbocycles. The minimum absolute atomic E-state index is 0.0474. The van der Waals surface area contributed by atoms with Gasteiger partial charge in [0.2, 0.25) is 0 Å². The highest BCUT2D eigenvalue weighted by Gasteiger charge is 2.14. The van der Waals surface area contributed by atoms with Gasteiger partial charge < -0.3 is 4.74 Å². The van der Waals surface area contributed by atoms with Gasteiger partial charge in [-0.3, -0.25) is 4.79 Å². The molecular formula is C10H16O2. The molecule has 0 aromatic rings. The van der Waals surface area contributed by atoms with Crippen molar-refractivity contribution in [2.24, 2.45) is 0 Å². The quantitative estimate of drug-likeness (QED) is 0.467. The fourth-order valence-corrected chi connectivity index (χ4v) is 1.41. The molecule has 0 radical (unpaired) electrons. The Hall–Kier alpha value is -0.790. The van der Waals surface area contributed by atoms with Crippen molar-refractivity contribution in [1.82, 2.24) is 0 Å². The molecule has 0 saturated heterocycles. The molecule has 0 spiro atoms. The normalized spacial score (nSPS) is 23.2. The summed E-state index contributed by atoms with van der Waals surface area (Å²) in [5.41, 5.74) is 1.34. The highest BCUT2D eigenvalue weighted by atomic mass is 16.5. The molecule has 0 N–H and O–H groups in total. The zero-order valence-electron chi connectivity index (χ0n) is 7.80. The molecule has 0 aromatic carbocycles. The summed E-state index contributed by atoms with van der Waals surface area (Å²) in [7, 11) is 0. The smallest absolute Gasteiger partial charge is 0.306 e. The molecule has 0 fully saturated rings. The number of rotatable bonds is 2. The van der Waals surface area contributed by atoms with Gasteiger partial charge in [0, 0.05) is 6.42 Å². The van der Waals surface area contributed by atoms with Crippen molar-refractivity contribution >= 4 is 5.97 Å². The molecule has 2 nitrogen and oxygen atoms in total. The Morgan fingerprint density at radius 1 is 1.75 bits per heavy atom. The van der Waals surface area contributed by atoms with Crippen LogP contribution in [0.25, 0.3) is 0 Å². The molecular weight excluding hydrogens is 152 g/mol. The third kappa shape index (κ3) is 2.68. The zero-order chi connectivity index (χ0) is 8.97. The van der Waals surface area contributed by atoms with Crippen LogP contribution in [0.15, 0.2) is 11.6 Å². The second kappa shape index (κ2) is 4.29. The number of esters is 1. The van der Waals surface area contributed by atoms with Crippen LogP contribution >= 0.6 is 0 Å². The molecule has 0 bridgehead atoms. The predicted molar refractivity (Wildman–Crippen MR) is 47.8 cm³/mol. The molecule has 1 atom stereocenters. The van der Waals surface area contributed by atoms with Crippen LogP contribution in [-0.2, 0) is 9.53 Å². The Labute approximate surface area is 73.6 Å². The highest BCUT2D eigenvalue weighted by molar-refractivity contribution is 5.69. The summed E-state index contributed by atoms with van der Waals surface area (Å²) in [5, 5.41) is 0. The van der Waals surface area contributed by atoms with E-state index in [0.29, 0.717) is 6.42 Å². The summed E-state index contributed by atoms with van der Waals surface area (Å²) in [4.78, 5) is 10.9. The Morgan fingerprint density at radius 3 is 3.08 bits per heavy atom. The van der Waals surface area contributed by atoms with Gasteiger partial charge >= 0.3 is 5.97 Å². The number of hydrogen-bond donors (Lipinski definition) is 0. The molecule has 2 heteroatoms. The van der Waals surface area contributed by atoms with Crippen LogP contribution in [0.1, 0.15) is 39.5 Å². The zero-order valence-corrected chi connectivity index (χ0v) is 7.80. The van der Waals surface area contributed by atoms with E-state index in [9.17, 15) is 4.79 Å². The molecule has 0 aromatic heterocycles.